The smallest absolute Gasteiger partial charge is 0.234 e. The highest BCUT2D eigenvalue weighted by molar-refractivity contribution is 5.79. The zero-order chi connectivity index (χ0) is 6.69. The van der Waals surface area contributed by atoms with Crippen LogP contribution in [0.4, 0.5) is 0 Å². The first kappa shape index (κ1) is 6.55. The van der Waals surface area contributed by atoms with E-state index in [0.29, 0.717) is 12.6 Å². The molecule has 1 aliphatic rings. The van der Waals surface area contributed by atoms with Crippen LogP contribution in [-0.2, 0) is 4.79 Å². The zero-order valence-corrected chi connectivity index (χ0v) is 5.61. The standard InChI is InChI=1S/C6H12N2O/c1-2-5-3-7-4-6(9)8-5/h5,7H,2-4H2,1H3,(H,8,9)/t5-/m1/s1. The third-order valence-electron chi connectivity index (χ3n) is 1.53. The molecule has 0 spiro atoms. The predicted octanol–water partition coefficient (Wildman–Crippen LogP) is -0.516. The van der Waals surface area contributed by atoms with Gasteiger partial charge in [0.15, 0.2) is 0 Å². The Balaban J connectivity index is 2.32. The van der Waals surface area contributed by atoms with E-state index in [1.54, 1.807) is 0 Å². The monoisotopic (exact) mass is 128 g/mol. The maximum atomic E-state index is 10.7. The van der Waals surface area contributed by atoms with Gasteiger partial charge in [0.1, 0.15) is 0 Å². The number of hydrogen-bond donors (Lipinski definition) is 2. The van der Waals surface area contributed by atoms with Crippen molar-refractivity contribution in [1.29, 1.82) is 0 Å². The summed E-state index contributed by atoms with van der Waals surface area (Å²) in [5, 5.41) is 5.89. The van der Waals surface area contributed by atoms with Crippen LogP contribution in [0, 0.1) is 0 Å². The second kappa shape index (κ2) is 2.82. The molecule has 3 heteroatoms. The van der Waals surface area contributed by atoms with Crippen molar-refractivity contribution in [3.63, 3.8) is 0 Å². The third kappa shape index (κ3) is 1.68. The van der Waals surface area contributed by atoms with Gasteiger partial charge in [0.25, 0.3) is 0 Å². The Kier molecular flexibility index (Phi) is 2.05. The maximum Gasteiger partial charge on any atom is 0.234 e. The minimum atomic E-state index is 0.119. The Labute approximate surface area is 54.8 Å². The normalized spacial score (nSPS) is 27.7. The molecule has 0 radical (unpaired) electrons. The van der Waals surface area contributed by atoms with Crippen LogP contribution in [0.3, 0.4) is 0 Å². The summed E-state index contributed by atoms with van der Waals surface area (Å²) in [5.41, 5.74) is 0. The zero-order valence-electron chi connectivity index (χ0n) is 5.61. The van der Waals surface area contributed by atoms with Crippen LogP contribution in [0.5, 0.6) is 0 Å². The van der Waals surface area contributed by atoms with Gasteiger partial charge in [0, 0.05) is 12.6 Å². The van der Waals surface area contributed by atoms with Gasteiger partial charge in [-0.25, -0.2) is 0 Å². The number of rotatable bonds is 1. The number of amides is 1. The molecule has 1 aliphatic heterocycles. The van der Waals surface area contributed by atoms with E-state index in [1.165, 1.54) is 0 Å². The molecule has 1 fully saturated rings. The molecule has 1 atom stereocenters. The molecule has 0 unspecified atom stereocenters. The molecule has 1 rings (SSSR count). The molecule has 0 saturated carbocycles. The molecule has 0 aromatic heterocycles. The number of nitrogens with one attached hydrogen (secondary N) is 2. The lowest BCUT2D eigenvalue weighted by atomic mass is 10.2. The molecule has 1 amide bonds. The van der Waals surface area contributed by atoms with Crippen molar-refractivity contribution in [2.75, 3.05) is 13.1 Å². The molecular formula is C6H12N2O. The second-order valence-electron chi connectivity index (χ2n) is 2.30. The van der Waals surface area contributed by atoms with E-state index in [0.717, 1.165) is 13.0 Å². The topological polar surface area (TPSA) is 41.1 Å². The summed E-state index contributed by atoms with van der Waals surface area (Å²) in [5.74, 6) is 0.119. The minimum absolute atomic E-state index is 0.119. The lowest BCUT2D eigenvalue weighted by Gasteiger charge is -2.22. The average Bonchev–Trinajstić information content (AvgIpc) is 1.88. The first-order chi connectivity index (χ1) is 4.33. The fourth-order valence-electron chi connectivity index (χ4n) is 0.936. The van der Waals surface area contributed by atoms with Crippen LogP contribution >= 0.6 is 0 Å². The first-order valence-corrected chi connectivity index (χ1v) is 3.33. The first-order valence-electron chi connectivity index (χ1n) is 3.33. The lowest BCUT2D eigenvalue weighted by Crippen LogP contribution is -2.51. The molecule has 52 valence electrons. The highest BCUT2D eigenvalue weighted by Gasteiger charge is 2.14. The summed E-state index contributed by atoms with van der Waals surface area (Å²) < 4.78 is 0. The van der Waals surface area contributed by atoms with Gasteiger partial charge in [-0.15, -0.1) is 0 Å². The molecule has 0 aromatic carbocycles. The predicted molar refractivity (Wildman–Crippen MR) is 35.1 cm³/mol. The van der Waals surface area contributed by atoms with E-state index in [-0.39, 0.29) is 5.91 Å². The molecular weight excluding hydrogens is 116 g/mol. The summed E-state index contributed by atoms with van der Waals surface area (Å²) in [7, 11) is 0. The lowest BCUT2D eigenvalue weighted by molar-refractivity contribution is -0.122. The van der Waals surface area contributed by atoms with Crippen molar-refractivity contribution < 1.29 is 4.79 Å². The number of carbonyl (C=O) groups excluding carboxylic acids is 1. The van der Waals surface area contributed by atoms with E-state index >= 15 is 0 Å². The molecule has 0 bridgehead atoms. The molecule has 0 aliphatic carbocycles. The highest BCUT2D eigenvalue weighted by Crippen LogP contribution is 1.91. The van der Waals surface area contributed by atoms with Crippen LogP contribution in [0.25, 0.3) is 0 Å². The summed E-state index contributed by atoms with van der Waals surface area (Å²) in [6.07, 6.45) is 1.01. The SMILES string of the molecule is CC[C@@H]1CNCC(=O)N1. The fourth-order valence-corrected chi connectivity index (χ4v) is 0.936. The molecule has 9 heavy (non-hydrogen) atoms. The maximum absolute atomic E-state index is 10.7. The molecule has 0 aromatic rings. The number of piperazine rings is 1. The van der Waals surface area contributed by atoms with Crippen molar-refractivity contribution in [2.45, 2.75) is 19.4 Å². The molecule has 1 heterocycles. The van der Waals surface area contributed by atoms with E-state index < -0.39 is 0 Å². The van der Waals surface area contributed by atoms with Crippen molar-refractivity contribution in [2.24, 2.45) is 0 Å². The molecule has 1 saturated heterocycles. The van der Waals surface area contributed by atoms with E-state index in [1.807, 2.05) is 0 Å². The van der Waals surface area contributed by atoms with Gasteiger partial charge in [-0.05, 0) is 6.42 Å². The van der Waals surface area contributed by atoms with Gasteiger partial charge >= 0.3 is 0 Å². The Morgan fingerprint density at radius 2 is 2.56 bits per heavy atom. The van der Waals surface area contributed by atoms with Crippen LogP contribution < -0.4 is 10.6 Å². The summed E-state index contributed by atoms with van der Waals surface area (Å²) in [4.78, 5) is 10.7. The quantitative estimate of drug-likeness (QED) is 0.499. The van der Waals surface area contributed by atoms with E-state index in [4.69, 9.17) is 0 Å². The van der Waals surface area contributed by atoms with Gasteiger partial charge in [-0.1, -0.05) is 6.92 Å². The van der Waals surface area contributed by atoms with Crippen molar-refractivity contribution in [3.05, 3.63) is 0 Å². The number of hydrogen-bond acceptors (Lipinski definition) is 2. The van der Waals surface area contributed by atoms with Crippen LogP contribution in [0.2, 0.25) is 0 Å². The van der Waals surface area contributed by atoms with Gasteiger partial charge in [-0.3, -0.25) is 4.79 Å². The largest absolute Gasteiger partial charge is 0.351 e. The molecule has 2 N–H and O–H groups in total. The average molecular weight is 128 g/mol. The van der Waals surface area contributed by atoms with Crippen LogP contribution in [0.15, 0.2) is 0 Å². The summed E-state index contributed by atoms with van der Waals surface area (Å²) >= 11 is 0. The fraction of sp³-hybridized carbons (Fsp3) is 0.833. The van der Waals surface area contributed by atoms with Gasteiger partial charge in [0.2, 0.25) is 5.91 Å². The van der Waals surface area contributed by atoms with Crippen molar-refractivity contribution in [1.82, 2.24) is 10.6 Å². The van der Waals surface area contributed by atoms with E-state index in [2.05, 4.69) is 17.6 Å². The Bertz CT molecular complexity index is 114. The van der Waals surface area contributed by atoms with Gasteiger partial charge < -0.3 is 10.6 Å². The van der Waals surface area contributed by atoms with E-state index in [9.17, 15) is 4.79 Å². The van der Waals surface area contributed by atoms with Crippen LogP contribution in [-0.4, -0.2) is 25.0 Å². The highest BCUT2D eigenvalue weighted by atomic mass is 16.2. The molecule has 3 nitrogen and oxygen atoms in total. The Morgan fingerprint density at radius 3 is 3.00 bits per heavy atom. The summed E-state index contributed by atoms with van der Waals surface area (Å²) in [6, 6.07) is 0.353. The number of carbonyl (C=O) groups is 1. The van der Waals surface area contributed by atoms with Crippen molar-refractivity contribution >= 4 is 5.91 Å². The Hall–Kier alpha value is -0.570. The van der Waals surface area contributed by atoms with Crippen LogP contribution in [0.1, 0.15) is 13.3 Å². The van der Waals surface area contributed by atoms with Gasteiger partial charge in [-0.2, -0.15) is 0 Å². The third-order valence-corrected chi connectivity index (χ3v) is 1.53. The second-order valence-corrected chi connectivity index (χ2v) is 2.30. The Morgan fingerprint density at radius 1 is 1.78 bits per heavy atom. The summed E-state index contributed by atoms with van der Waals surface area (Å²) in [6.45, 7) is 3.47. The van der Waals surface area contributed by atoms with Crippen molar-refractivity contribution in [3.8, 4) is 0 Å². The minimum Gasteiger partial charge on any atom is -0.351 e. The van der Waals surface area contributed by atoms with Gasteiger partial charge in [0.05, 0.1) is 6.54 Å².